The number of rotatable bonds is 5. The average Bonchev–Trinajstić information content (AvgIpc) is 2.69. The van der Waals surface area contributed by atoms with Gasteiger partial charge in [-0.25, -0.2) is 18.2 Å². The van der Waals surface area contributed by atoms with E-state index in [1.165, 1.54) is 18.3 Å². The topological polar surface area (TPSA) is 71.2 Å². The Bertz CT molecular complexity index is 905. The van der Waals surface area contributed by atoms with E-state index in [1.54, 1.807) is 24.3 Å². The molecule has 9 heteroatoms. The Morgan fingerprint density at radius 1 is 1.23 bits per heavy atom. The number of anilines is 2. The average molecular weight is 437 g/mol. The van der Waals surface area contributed by atoms with Gasteiger partial charge in [-0.05, 0) is 66.6 Å². The van der Waals surface area contributed by atoms with Crippen LogP contribution in [0.5, 0.6) is 0 Å². The third-order valence-corrected chi connectivity index (χ3v) is 6.51. The van der Waals surface area contributed by atoms with Gasteiger partial charge in [0.05, 0.1) is 0 Å². The summed E-state index contributed by atoms with van der Waals surface area (Å²) in [6.07, 6.45) is 1.19. The number of nitrogens with one attached hydrogen (secondary N) is 1. The molecule has 1 aliphatic heterocycles. The fourth-order valence-electron chi connectivity index (χ4n) is 4.44. The minimum atomic E-state index is -2.84. The van der Waals surface area contributed by atoms with E-state index in [9.17, 15) is 18.0 Å². The third-order valence-electron chi connectivity index (χ3n) is 6.05. The second-order valence-electron chi connectivity index (χ2n) is 8.00. The highest BCUT2D eigenvalue weighted by atomic mass is 32.2. The van der Waals surface area contributed by atoms with Crippen molar-refractivity contribution < 1.29 is 18.0 Å². The van der Waals surface area contributed by atoms with Gasteiger partial charge in [0.1, 0.15) is 10.8 Å². The first-order valence-corrected chi connectivity index (χ1v) is 10.7. The lowest BCUT2D eigenvalue weighted by atomic mass is 9.68. The normalized spacial score (nSPS) is 23.7. The molecule has 1 amide bonds. The molecule has 5 nitrogen and oxygen atoms in total. The molecule has 1 saturated carbocycles. The first kappa shape index (κ1) is 21.0. The van der Waals surface area contributed by atoms with Gasteiger partial charge in [0, 0.05) is 49.4 Å². The van der Waals surface area contributed by atoms with Crippen LogP contribution in [0.2, 0.25) is 0 Å². The standard InChI is InChI=1S/C21H23F3N4OS/c22-14-1-3-16(4-2-14)28-11-13(12-28)17-5-7-21(23,24)10-18(17)20(29)27-15-6-8-26-19(9-15)30-25/h1-4,6,8-9,13,17-18H,5,7,10-12,25H2,(H,26,27,29)/t17?,18-/m1/s1. The van der Waals surface area contributed by atoms with E-state index in [1.807, 2.05) is 0 Å². The maximum absolute atomic E-state index is 14.2. The predicted molar refractivity (Wildman–Crippen MR) is 111 cm³/mol. The van der Waals surface area contributed by atoms with Crippen molar-refractivity contribution in [2.45, 2.75) is 30.2 Å². The first-order chi connectivity index (χ1) is 14.3. The van der Waals surface area contributed by atoms with Crippen LogP contribution in [0, 0.1) is 23.6 Å². The van der Waals surface area contributed by atoms with E-state index in [2.05, 4.69) is 15.2 Å². The number of amides is 1. The predicted octanol–water partition coefficient (Wildman–Crippen LogP) is 4.31. The van der Waals surface area contributed by atoms with Crippen LogP contribution in [0.1, 0.15) is 19.3 Å². The number of benzene rings is 1. The zero-order valence-electron chi connectivity index (χ0n) is 16.2. The van der Waals surface area contributed by atoms with Crippen LogP contribution in [0.3, 0.4) is 0 Å². The molecule has 0 bridgehead atoms. The monoisotopic (exact) mass is 436 g/mol. The van der Waals surface area contributed by atoms with Gasteiger partial charge in [0.2, 0.25) is 11.8 Å². The number of nitrogens with two attached hydrogens (primary N) is 1. The van der Waals surface area contributed by atoms with Gasteiger partial charge in [0.25, 0.3) is 0 Å². The SMILES string of the molecule is NSc1cc(NC(=O)[C@@H]2CC(F)(F)CCC2C2CN(c3ccc(F)cc3)C2)ccn1. The Labute approximate surface area is 177 Å². The van der Waals surface area contributed by atoms with E-state index in [4.69, 9.17) is 5.14 Å². The first-order valence-electron chi connectivity index (χ1n) is 9.86. The summed E-state index contributed by atoms with van der Waals surface area (Å²) in [7, 11) is 0. The summed E-state index contributed by atoms with van der Waals surface area (Å²) in [5.41, 5.74) is 1.40. The summed E-state index contributed by atoms with van der Waals surface area (Å²) in [6, 6.07) is 9.47. The second kappa shape index (κ2) is 8.47. The maximum Gasteiger partial charge on any atom is 0.248 e. The van der Waals surface area contributed by atoms with E-state index in [0.717, 1.165) is 17.6 Å². The Hall–Kier alpha value is -2.26. The number of carbonyl (C=O) groups is 1. The highest BCUT2D eigenvalue weighted by Gasteiger charge is 2.49. The van der Waals surface area contributed by atoms with Crippen LogP contribution in [0.4, 0.5) is 24.5 Å². The highest BCUT2D eigenvalue weighted by Crippen LogP contribution is 2.46. The van der Waals surface area contributed by atoms with Crippen molar-refractivity contribution in [2.24, 2.45) is 22.9 Å². The Morgan fingerprint density at radius 3 is 2.67 bits per heavy atom. The molecule has 1 aliphatic carbocycles. The summed E-state index contributed by atoms with van der Waals surface area (Å²) in [5, 5.41) is 8.81. The lowest BCUT2D eigenvalue weighted by molar-refractivity contribution is -0.134. The summed E-state index contributed by atoms with van der Waals surface area (Å²) in [6.45, 7) is 1.35. The van der Waals surface area contributed by atoms with Crippen molar-refractivity contribution >= 4 is 29.2 Å². The number of nitrogens with zero attached hydrogens (tertiary/aromatic N) is 2. The zero-order chi connectivity index (χ0) is 21.3. The zero-order valence-corrected chi connectivity index (χ0v) is 17.0. The number of pyridine rings is 1. The number of carbonyl (C=O) groups excluding carboxylic acids is 1. The van der Waals surface area contributed by atoms with E-state index >= 15 is 0 Å². The number of hydrogen-bond acceptors (Lipinski definition) is 5. The minimum Gasteiger partial charge on any atom is -0.371 e. The highest BCUT2D eigenvalue weighted by molar-refractivity contribution is 7.97. The van der Waals surface area contributed by atoms with Crippen LogP contribution in [-0.4, -0.2) is 29.9 Å². The molecule has 1 unspecified atom stereocenters. The molecule has 1 saturated heterocycles. The summed E-state index contributed by atoms with van der Waals surface area (Å²) >= 11 is 0.951. The van der Waals surface area contributed by atoms with E-state index in [-0.39, 0.29) is 24.1 Å². The van der Waals surface area contributed by atoms with Gasteiger partial charge in [0.15, 0.2) is 0 Å². The van der Waals surface area contributed by atoms with E-state index in [0.29, 0.717) is 30.2 Å². The van der Waals surface area contributed by atoms with Crippen LogP contribution < -0.4 is 15.4 Å². The smallest absolute Gasteiger partial charge is 0.248 e. The van der Waals surface area contributed by atoms with Crippen molar-refractivity contribution in [3.8, 4) is 0 Å². The lowest BCUT2D eigenvalue weighted by Gasteiger charge is -2.49. The van der Waals surface area contributed by atoms with Gasteiger partial charge >= 0.3 is 0 Å². The molecule has 2 fully saturated rings. The van der Waals surface area contributed by atoms with Crippen molar-refractivity contribution in [1.29, 1.82) is 0 Å². The molecule has 0 spiro atoms. The van der Waals surface area contributed by atoms with Crippen molar-refractivity contribution in [2.75, 3.05) is 23.3 Å². The van der Waals surface area contributed by atoms with Gasteiger partial charge < -0.3 is 10.2 Å². The number of aromatic nitrogens is 1. The van der Waals surface area contributed by atoms with Crippen molar-refractivity contribution in [3.05, 3.63) is 48.4 Å². The third kappa shape index (κ3) is 4.57. The molecule has 1 aromatic heterocycles. The molecule has 0 radical (unpaired) electrons. The molecular formula is C21H23F3N4OS. The summed E-state index contributed by atoms with van der Waals surface area (Å²) < 4.78 is 41.4. The largest absolute Gasteiger partial charge is 0.371 e. The Balaban J connectivity index is 1.45. The van der Waals surface area contributed by atoms with Crippen molar-refractivity contribution in [1.82, 2.24) is 4.98 Å². The molecule has 2 aromatic rings. The van der Waals surface area contributed by atoms with Crippen molar-refractivity contribution in [3.63, 3.8) is 0 Å². The Morgan fingerprint density at radius 2 is 1.97 bits per heavy atom. The molecule has 3 N–H and O–H groups in total. The van der Waals surface area contributed by atoms with E-state index < -0.39 is 24.2 Å². The lowest BCUT2D eigenvalue weighted by Crippen LogP contribution is -2.54. The van der Waals surface area contributed by atoms with Crippen LogP contribution in [0.25, 0.3) is 0 Å². The van der Waals surface area contributed by atoms with Crippen LogP contribution in [-0.2, 0) is 4.79 Å². The number of alkyl halides is 2. The minimum absolute atomic E-state index is 0.119. The quantitative estimate of drug-likeness (QED) is 0.684. The molecule has 1 aromatic carbocycles. The fraction of sp³-hybridized carbons (Fsp3) is 0.429. The molecule has 160 valence electrons. The summed E-state index contributed by atoms with van der Waals surface area (Å²) in [4.78, 5) is 19.1. The van der Waals surface area contributed by atoms with Crippen LogP contribution >= 0.6 is 11.9 Å². The van der Waals surface area contributed by atoms with Gasteiger partial charge in [-0.3, -0.25) is 9.93 Å². The molecule has 4 rings (SSSR count). The second-order valence-corrected chi connectivity index (χ2v) is 8.65. The molecule has 30 heavy (non-hydrogen) atoms. The molecule has 2 heterocycles. The Kier molecular flexibility index (Phi) is 5.92. The van der Waals surface area contributed by atoms with Gasteiger partial charge in [-0.1, -0.05) is 0 Å². The molecule has 2 aliphatic rings. The number of halogens is 3. The van der Waals surface area contributed by atoms with Crippen LogP contribution in [0.15, 0.2) is 47.6 Å². The fourth-order valence-corrected chi connectivity index (χ4v) is 4.76. The molecule has 2 atom stereocenters. The number of hydrogen-bond donors (Lipinski definition) is 2. The summed E-state index contributed by atoms with van der Waals surface area (Å²) in [5.74, 6) is -4.26. The maximum atomic E-state index is 14.2. The van der Waals surface area contributed by atoms with Gasteiger partial charge in [-0.2, -0.15) is 0 Å². The van der Waals surface area contributed by atoms with Gasteiger partial charge in [-0.15, -0.1) is 0 Å². The molecular weight excluding hydrogens is 413 g/mol.